The number of hydrogen-bond donors (Lipinski definition) is 2. The molecule has 6 nitrogen and oxygen atoms in total. The average Bonchev–Trinajstić information content (AvgIpc) is 3.33. The number of carbonyl (C=O) groups is 1. The van der Waals surface area contributed by atoms with Gasteiger partial charge in [-0.25, -0.2) is 4.98 Å². The van der Waals surface area contributed by atoms with Crippen LogP contribution in [0.1, 0.15) is 33.1 Å². The van der Waals surface area contributed by atoms with Gasteiger partial charge in [-0.1, -0.05) is 12.1 Å². The lowest BCUT2D eigenvalue weighted by molar-refractivity contribution is 0.0950. The van der Waals surface area contributed by atoms with Gasteiger partial charge in [0.15, 0.2) is 22.3 Å². The molecule has 2 aromatic heterocycles. The first-order chi connectivity index (χ1) is 14.0. The number of nitrogens with one attached hydrogen (secondary N) is 2. The molecule has 0 saturated carbocycles. The van der Waals surface area contributed by atoms with Crippen LogP contribution in [0.4, 0.5) is 5.69 Å². The quantitative estimate of drug-likeness (QED) is 0.477. The van der Waals surface area contributed by atoms with Crippen LogP contribution in [0.15, 0.2) is 63.6 Å². The molecule has 7 heteroatoms. The number of hydrogen-bond acceptors (Lipinski definition) is 5. The van der Waals surface area contributed by atoms with Crippen molar-refractivity contribution >= 4 is 40.0 Å². The minimum Gasteiger partial charge on any atom is -0.459 e. The minimum atomic E-state index is -0.398. The van der Waals surface area contributed by atoms with E-state index in [9.17, 15) is 4.79 Å². The highest BCUT2D eigenvalue weighted by Gasteiger charge is 2.11. The molecule has 0 aliphatic carbocycles. The van der Waals surface area contributed by atoms with Crippen molar-refractivity contribution in [3.63, 3.8) is 0 Å². The molecule has 0 aliphatic heterocycles. The molecule has 1 amide bonds. The molecular formula is C22H19N3O3S. The summed E-state index contributed by atoms with van der Waals surface area (Å²) in [4.78, 5) is 16.5. The Labute approximate surface area is 172 Å². The van der Waals surface area contributed by atoms with Gasteiger partial charge < -0.3 is 14.2 Å². The van der Waals surface area contributed by atoms with Crippen molar-refractivity contribution in [3.05, 3.63) is 83.1 Å². The fourth-order valence-electron chi connectivity index (χ4n) is 2.92. The molecule has 146 valence electrons. The van der Waals surface area contributed by atoms with Gasteiger partial charge in [0.2, 0.25) is 0 Å². The third-order valence-corrected chi connectivity index (χ3v) is 4.79. The van der Waals surface area contributed by atoms with E-state index < -0.39 is 5.91 Å². The van der Waals surface area contributed by atoms with E-state index >= 15 is 0 Å². The van der Waals surface area contributed by atoms with E-state index in [-0.39, 0.29) is 10.9 Å². The van der Waals surface area contributed by atoms with Gasteiger partial charge >= 0.3 is 0 Å². The van der Waals surface area contributed by atoms with Gasteiger partial charge in [-0.2, -0.15) is 0 Å². The summed E-state index contributed by atoms with van der Waals surface area (Å²) in [7, 11) is 0. The smallest absolute Gasteiger partial charge is 0.293 e. The fourth-order valence-corrected chi connectivity index (χ4v) is 3.13. The summed E-state index contributed by atoms with van der Waals surface area (Å²) < 4.78 is 10.9. The van der Waals surface area contributed by atoms with Gasteiger partial charge in [0.05, 0.1) is 6.26 Å². The van der Waals surface area contributed by atoms with Gasteiger partial charge in [0, 0.05) is 12.1 Å². The number of amides is 1. The summed E-state index contributed by atoms with van der Waals surface area (Å²) in [5.41, 5.74) is 5.88. The molecule has 2 N–H and O–H groups in total. The molecule has 4 rings (SSSR count). The van der Waals surface area contributed by atoms with Crippen molar-refractivity contribution in [2.45, 2.75) is 20.3 Å². The number of rotatable bonds is 4. The van der Waals surface area contributed by atoms with Gasteiger partial charge in [0.1, 0.15) is 5.52 Å². The van der Waals surface area contributed by atoms with Crippen molar-refractivity contribution in [1.82, 2.24) is 10.3 Å². The summed E-state index contributed by atoms with van der Waals surface area (Å²) in [5, 5.41) is 5.75. The fraction of sp³-hybridized carbons (Fsp3) is 0.136. The Morgan fingerprint density at radius 3 is 2.59 bits per heavy atom. The van der Waals surface area contributed by atoms with Gasteiger partial charge in [-0.05, 0) is 79.2 Å². The van der Waals surface area contributed by atoms with Crippen LogP contribution >= 0.6 is 12.2 Å². The van der Waals surface area contributed by atoms with Crippen LogP contribution in [0.25, 0.3) is 11.1 Å². The Morgan fingerprint density at radius 2 is 1.86 bits per heavy atom. The number of aryl methyl sites for hydroxylation is 2. The van der Waals surface area contributed by atoms with Gasteiger partial charge in [-0.15, -0.1) is 0 Å². The second-order valence-electron chi connectivity index (χ2n) is 6.77. The monoisotopic (exact) mass is 405 g/mol. The predicted molar refractivity (Wildman–Crippen MR) is 115 cm³/mol. The summed E-state index contributed by atoms with van der Waals surface area (Å²) in [5.74, 6) is 0.478. The average molecular weight is 405 g/mol. The predicted octanol–water partition coefficient (Wildman–Crippen LogP) is 4.76. The SMILES string of the molecule is Cc1cc2nc(Cc3ccc(NC(=S)NC(=O)c4ccco4)cc3)oc2cc1C. The second-order valence-corrected chi connectivity index (χ2v) is 7.18. The van der Waals surface area contributed by atoms with E-state index in [1.807, 2.05) is 36.4 Å². The molecule has 0 atom stereocenters. The Bertz CT molecular complexity index is 1140. The molecule has 2 aromatic carbocycles. The van der Waals surface area contributed by atoms with E-state index in [0.29, 0.717) is 12.3 Å². The largest absolute Gasteiger partial charge is 0.459 e. The standard InChI is InChI=1S/C22H19N3O3S/c1-13-10-17-19(11-14(13)2)28-20(24-17)12-15-5-7-16(8-6-15)23-22(29)25-21(26)18-4-3-9-27-18/h3-11H,12H2,1-2H3,(H2,23,25,26,29). The maximum Gasteiger partial charge on any atom is 0.293 e. The van der Waals surface area contributed by atoms with E-state index in [4.69, 9.17) is 21.1 Å². The molecule has 0 unspecified atom stereocenters. The number of thiocarbonyl (C=S) groups is 1. The Balaban J connectivity index is 1.39. The minimum absolute atomic E-state index is 0.198. The third-order valence-electron chi connectivity index (χ3n) is 4.59. The number of fused-ring (bicyclic) bond motifs is 1. The summed E-state index contributed by atoms with van der Waals surface area (Å²) in [6.45, 7) is 4.13. The topological polar surface area (TPSA) is 80.3 Å². The van der Waals surface area contributed by atoms with E-state index in [1.165, 1.54) is 17.4 Å². The highest BCUT2D eigenvalue weighted by molar-refractivity contribution is 7.80. The maximum atomic E-state index is 11.9. The van der Waals surface area contributed by atoms with Crippen LogP contribution < -0.4 is 10.6 Å². The van der Waals surface area contributed by atoms with Crippen molar-refractivity contribution in [1.29, 1.82) is 0 Å². The maximum absolute atomic E-state index is 11.9. The number of carbonyl (C=O) groups excluding carboxylic acids is 1. The van der Waals surface area contributed by atoms with Crippen molar-refractivity contribution in [3.8, 4) is 0 Å². The molecule has 0 radical (unpaired) electrons. The lowest BCUT2D eigenvalue weighted by atomic mass is 10.1. The van der Waals surface area contributed by atoms with Gasteiger partial charge in [0.25, 0.3) is 5.91 Å². The van der Waals surface area contributed by atoms with Gasteiger partial charge in [-0.3, -0.25) is 10.1 Å². The van der Waals surface area contributed by atoms with Crippen LogP contribution in [0, 0.1) is 13.8 Å². The second kappa shape index (κ2) is 7.89. The zero-order valence-electron chi connectivity index (χ0n) is 16.0. The van der Waals surface area contributed by atoms with Crippen LogP contribution in [-0.2, 0) is 6.42 Å². The molecule has 0 bridgehead atoms. The molecule has 0 aliphatic rings. The number of nitrogens with zero attached hydrogens (tertiary/aromatic N) is 1. The first-order valence-corrected chi connectivity index (χ1v) is 9.50. The molecule has 4 aromatic rings. The molecule has 0 saturated heterocycles. The molecule has 0 spiro atoms. The van der Waals surface area contributed by atoms with Crippen molar-refractivity contribution in [2.24, 2.45) is 0 Å². The summed E-state index contributed by atoms with van der Waals surface area (Å²) in [6.07, 6.45) is 2.02. The number of anilines is 1. The molecular weight excluding hydrogens is 386 g/mol. The van der Waals surface area contributed by atoms with Crippen molar-refractivity contribution in [2.75, 3.05) is 5.32 Å². The van der Waals surface area contributed by atoms with Crippen molar-refractivity contribution < 1.29 is 13.6 Å². The number of aromatic nitrogens is 1. The van der Waals surface area contributed by atoms with E-state index in [2.05, 4.69) is 29.5 Å². The van der Waals surface area contributed by atoms with Crippen LogP contribution in [-0.4, -0.2) is 16.0 Å². The summed E-state index contributed by atoms with van der Waals surface area (Å²) in [6, 6.07) is 15.0. The first-order valence-electron chi connectivity index (χ1n) is 9.09. The molecule has 29 heavy (non-hydrogen) atoms. The lowest BCUT2D eigenvalue weighted by Crippen LogP contribution is -2.33. The van der Waals surface area contributed by atoms with E-state index in [0.717, 1.165) is 22.4 Å². The number of furan rings is 1. The van der Waals surface area contributed by atoms with Crippen LogP contribution in [0.5, 0.6) is 0 Å². The Kier molecular flexibility index (Phi) is 5.14. The molecule has 0 fully saturated rings. The third kappa shape index (κ3) is 4.35. The molecule has 2 heterocycles. The normalized spacial score (nSPS) is 10.8. The highest BCUT2D eigenvalue weighted by Crippen LogP contribution is 2.22. The zero-order valence-corrected chi connectivity index (χ0v) is 16.8. The Morgan fingerprint density at radius 1 is 1.10 bits per heavy atom. The van der Waals surface area contributed by atoms with E-state index in [1.54, 1.807) is 12.1 Å². The number of oxazole rings is 1. The lowest BCUT2D eigenvalue weighted by Gasteiger charge is -2.09. The number of benzene rings is 2. The van der Waals surface area contributed by atoms with Crippen LogP contribution in [0.3, 0.4) is 0 Å². The summed E-state index contributed by atoms with van der Waals surface area (Å²) >= 11 is 5.17. The highest BCUT2D eigenvalue weighted by atomic mass is 32.1. The van der Waals surface area contributed by atoms with Crippen LogP contribution in [0.2, 0.25) is 0 Å². The Hall–Kier alpha value is -3.45. The zero-order chi connectivity index (χ0) is 20.4. The first kappa shape index (κ1) is 18.9.